The van der Waals surface area contributed by atoms with Gasteiger partial charge in [0.1, 0.15) is 12.5 Å². The van der Waals surface area contributed by atoms with E-state index < -0.39 is 11.9 Å². The second kappa shape index (κ2) is 6.70. The van der Waals surface area contributed by atoms with Gasteiger partial charge in [0.25, 0.3) is 0 Å². The number of carbonyl (C=O) groups is 2. The molecule has 22 heavy (non-hydrogen) atoms. The molecular weight excluding hydrogens is 286 g/mol. The second-order valence-corrected chi connectivity index (χ2v) is 4.88. The van der Waals surface area contributed by atoms with Crippen molar-refractivity contribution in [1.82, 2.24) is 15.5 Å². The molecule has 0 bridgehead atoms. The lowest BCUT2D eigenvalue weighted by Gasteiger charge is -2.14. The van der Waals surface area contributed by atoms with E-state index in [0.29, 0.717) is 12.1 Å². The summed E-state index contributed by atoms with van der Waals surface area (Å²) in [6.07, 6.45) is 0.319. The molecule has 1 atom stereocenters. The minimum absolute atomic E-state index is 0.121. The number of nitrogen functional groups attached to an aromatic ring is 1. The second-order valence-electron chi connectivity index (χ2n) is 4.88. The fourth-order valence-electron chi connectivity index (χ4n) is 1.96. The van der Waals surface area contributed by atoms with Crippen LogP contribution in [0.1, 0.15) is 30.3 Å². The van der Waals surface area contributed by atoms with E-state index in [1.807, 2.05) is 12.1 Å². The van der Waals surface area contributed by atoms with E-state index in [-0.39, 0.29) is 24.1 Å². The van der Waals surface area contributed by atoms with Crippen molar-refractivity contribution >= 4 is 17.5 Å². The number of nitrogens with one attached hydrogen (secondary N) is 1. The number of nitrogens with two attached hydrogens (primary N) is 2. The summed E-state index contributed by atoms with van der Waals surface area (Å²) in [5.41, 5.74) is 12.3. The molecule has 0 fully saturated rings. The predicted molar refractivity (Wildman–Crippen MR) is 78.3 cm³/mol. The maximum absolute atomic E-state index is 11.4. The van der Waals surface area contributed by atoms with Crippen LogP contribution in [0.5, 0.6) is 0 Å². The molecule has 0 aliphatic rings. The average molecular weight is 303 g/mol. The van der Waals surface area contributed by atoms with Gasteiger partial charge in [-0.15, -0.1) is 10.2 Å². The van der Waals surface area contributed by atoms with Crippen LogP contribution < -0.4 is 16.8 Å². The third kappa shape index (κ3) is 4.30. The van der Waals surface area contributed by atoms with Crippen molar-refractivity contribution in [3.8, 4) is 0 Å². The summed E-state index contributed by atoms with van der Waals surface area (Å²) in [7, 11) is 0. The molecule has 0 spiro atoms. The summed E-state index contributed by atoms with van der Waals surface area (Å²) in [6, 6.07) is 6.75. The number of carbonyl (C=O) groups excluding carboxylic acids is 2. The molecule has 1 aromatic heterocycles. The van der Waals surface area contributed by atoms with Crippen molar-refractivity contribution in [2.24, 2.45) is 5.73 Å². The molecule has 8 nitrogen and oxygen atoms in total. The third-order valence-electron chi connectivity index (χ3n) is 2.90. The Kier molecular flexibility index (Phi) is 4.72. The van der Waals surface area contributed by atoms with Crippen LogP contribution in [0.4, 0.5) is 5.69 Å². The molecule has 5 N–H and O–H groups in total. The molecule has 0 saturated carbocycles. The molecule has 1 unspecified atom stereocenters. The Morgan fingerprint density at radius 1 is 1.27 bits per heavy atom. The maximum Gasteiger partial charge on any atom is 0.239 e. The standard InChI is InChI=1S/C14H17N5O3/c1-8(20)17-11(6-9-2-4-10(15)5-3-9)14-19-18-13(22-14)7-12(16)21/h2-5,11H,6-7,15H2,1H3,(H2,16,21)(H,17,20). The van der Waals surface area contributed by atoms with E-state index in [2.05, 4.69) is 15.5 Å². The van der Waals surface area contributed by atoms with Gasteiger partial charge in [-0.1, -0.05) is 12.1 Å². The van der Waals surface area contributed by atoms with Gasteiger partial charge in [0.05, 0.1) is 0 Å². The lowest BCUT2D eigenvalue weighted by atomic mass is 10.1. The van der Waals surface area contributed by atoms with E-state index in [9.17, 15) is 9.59 Å². The number of hydrogen-bond acceptors (Lipinski definition) is 6. The summed E-state index contributed by atoms with van der Waals surface area (Å²) < 4.78 is 5.39. The molecule has 2 rings (SSSR count). The zero-order valence-electron chi connectivity index (χ0n) is 12.1. The monoisotopic (exact) mass is 303 g/mol. The van der Waals surface area contributed by atoms with Gasteiger partial charge in [0.2, 0.25) is 23.6 Å². The van der Waals surface area contributed by atoms with Crippen LogP contribution in [0, 0.1) is 0 Å². The SMILES string of the molecule is CC(=O)NC(Cc1ccc(N)cc1)c1nnc(CC(N)=O)o1. The molecular formula is C14H17N5O3. The lowest BCUT2D eigenvalue weighted by molar-refractivity contribution is -0.120. The van der Waals surface area contributed by atoms with Crippen LogP contribution in [-0.4, -0.2) is 22.0 Å². The Bertz CT molecular complexity index is 665. The summed E-state index contributed by atoms with van der Waals surface area (Å²) in [5.74, 6) is -0.446. The van der Waals surface area contributed by atoms with Crippen molar-refractivity contribution < 1.29 is 14.0 Å². The highest BCUT2D eigenvalue weighted by Crippen LogP contribution is 2.18. The van der Waals surface area contributed by atoms with Crippen LogP contribution in [0.25, 0.3) is 0 Å². The molecule has 8 heteroatoms. The first-order valence-electron chi connectivity index (χ1n) is 6.66. The smallest absolute Gasteiger partial charge is 0.239 e. The largest absolute Gasteiger partial charge is 0.422 e. The zero-order valence-corrected chi connectivity index (χ0v) is 12.1. The van der Waals surface area contributed by atoms with E-state index in [1.54, 1.807) is 12.1 Å². The first-order valence-corrected chi connectivity index (χ1v) is 6.66. The van der Waals surface area contributed by atoms with Crippen LogP contribution >= 0.6 is 0 Å². The van der Waals surface area contributed by atoms with Gasteiger partial charge in [0, 0.05) is 19.0 Å². The average Bonchev–Trinajstić information content (AvgIpc) is 2.87. The minimum Gasteiger partial charge on any atom is -0.422 e. The number of aromatic nitrogens is 2. The maximum atomic E-state index is 11.4. The summed E-state index contributed by atoms with van der Waals surface area (Å²) in [4.78, 5) is 22.2. The number of benzene rings is 1. The van der Waals surface area contributed by atoms with Crippen LogP contribution in [0.3, 0.4) is 0 Å². The van der Waals surface area contributed by atoms with E-state index in [1.165, 1.54) is 6.92 Å². The molecule has 0 radical (unpaired) electrons. The summed E-state index contributed by atoms with van der Waals surface area (Å²) in [5, 5.41) is 10.4. The topological polar surface area (TPSA) is 137 Å². The van der Waals surface area contributed by atoms with Gasteiger partial charge < -0.3 is 21.2 Å². The van der Waals surface area contributed by atoms with Crippen LogP contribution in [0.15, 0.2) is 28.7 Å². The summed E-state index contributed by atoms with van der Waals surface area (Å²) in [6.45, 7) is 1.40. The van der Waals surface area contributed by atoms with Crippen LogP contribution in [0.2, 0.25) is 0 Å². The minimum atomic E-state index is -0.565. The molecule has 2 aromatic rings. The zero-order chi connectivity index (χ0) is 16.1. The molecule has 0 saturated heterocycles. The highest BCUT2D eigenvalue weighted by molar-refractivity contribution is 5.75. The Morgan fingerprint density at radius 2 is 1.95 bits per heavy atom. The third-order valence-corrected chi connectivity index (χ3v) is 2.90. The first kappa shape index (κ1) is 15.5. The number of hydrogen-bond donors (Lipinski definition) is 3. The van der Waals surface area contributed by atoms with Gasteiger partial charge in [0.15, 0.2) is 0 Å². The molecule has 1 aromatic carbocycles. The first-order chi connectivity index (χ1) is 10.4. The lowest BCUT2D eigenvalue weighted by Crippen LogP contribution is -2.28. The highest BCUT2D eigenvalue weighted by atomic mass is 16.4. The number of amides is 2. The van der Waals surface area contributed by atoms with Crippen LogP contribution in [-0.2, 0) is 22.4 Å². The molecule has 2 amide bonds. The normalized spacial score (nSPS) is 11.9. The molecule has 1 heterocycles. The Hall–Kier alpha value is -2.90. The van der Waals surface area contributed by atoms with E-state index in [4.69, 9.17) is 15.9 Å². The van der Waals surface area contributed by atoms with Gasteiger partial charge in [-0.3, -0.25) is 9.59 Å². The van der Waals surface area contributed by atoms with Crippen molar-refractivity contribution in [2.45, 2.75) is 25.8 Å². The van der Waals surface area contributed by atoms with Crippen molar-refractivity contribution in [3.63, 3.8) is 0 Å². The van der Waals surface area contributed by atoms with Gasteiger partial charge in [-0.25, -0.2) is 0 Å². The number of rotatable bonds is 6. The fourth-order valence-corrected chi connectivity index (χ4v) is 1.96. The highest BCUT2D eigenvalue weighted by Gasteiger charge is 2.20. The Labute approximate surface area is 126 Å². The van der Waals surface area contributed by atoms with Gasteiger partial charge in [-0.05, 0) is 17.7 Å². The number of primary amides is 1. The van der Waals surface area contributed by atoms with E-state index in [0.717, 1.165) is 5.56 Å². The van der Waals surface area contributed by atoms with E-state index >= 15 is 0 Å². The molecule has 116 valence electrons. The summed E-state index contributed by atoms with van der Waals surface area (Å²) >= 11 is 0. The van der Waals surface area contributed by atoms with Crippen molar-refractivity contribution in [2.75, 3.05) is 5.73 Å². The van der Waals surface area contributed by atoms with Gasteiger partial charge >= 0.3 is 0 Å². The fraction of sp³-hybridized carbons (Fsp3) is 0.286. The number of nitrogens with zero attached hydrogens (tertiary/aromatic N) is 2. The van der Waals surface area contributed by atoms with Crippen molar-refractivity contribution in [1.29, 1.82) is 0 Å². The molecule has 0 aliphatic heterocycles. The predicted octanol–water partition coefficient (Wildman–Crippen LogP) is 0.0995. The quantitative estimate of drug-likeness (QED) is 0.647. The molecule has 0 aliphatic carbocycles. The Balaban J connectivity index is 2.18. The van der Waals surface area contributed by atoms with Crippen molar-refractivity contribution in [3.05, 3.63) is 41.6 Å². The van der Waals surface area contributed by atoms with Gasteiger partial charge in [-0.2, -0.15) is 0 Å². The Morgan fingerprint density at radius 3 is 2.55 bits per heavy atom. The number of anilines is 1.